The fourth-order valence-corrected chi connectivity index (χ4v) is 5.71. The number of hydrogen-bond donors (Lipinski definition) is 0. The van der Waals surface area contributed by atoms with Crippen molar-refractivity contribution in [3.8, 4) is 16.9 Å². The summed E-state index contributed by atoms with van der Waals surface area (Å²) in [5, 5.41) is 4.29. The van der Waals surface area contributed by atoms with Gasteiger partial charge in [-0.3, -0.25) is 4.79 Å². The van der Waals surface area contributed by atoms with Crippen molar-refractivity contribution in [2.45, 2.75) is 12.0 Å². The van der Waals surface area contributed by atoms with Crippen molar-refractivity contribution in [3.05, 3.63) is 150 Å². The van der Waals surface area contributed by atoms with E-state index in [4.69, 9.17) is 4.74 Å². The lowest BCUT2D eigenvalue weighted by Gasteiger charge is -2.20. The number of carbonyl (C=O) groups is 1. The van der Waals surface area contributed by atoms with Crippen molar-refractivity contribution in [2.24, 2.45) is 0 Å². The molecule has 0 spiro atoms. The molecular weight excluding hydrogens is 452 g/mol. The molecule has 1 heterocycles. The highest BCUT2D eigenvalue weighted by atomic mass is 16.5. The Hall–Kier alpha value is -4.69. The van der Waals surface area contributed by atoms with Gasteiger partial charge in [0.15, 0.2) is 6.10 Å². The van der Waals surface area contributed by atoms with E-state index in [1.54, 1.807) is 0 Å². The van der Waals surface area contributed by atoms with Crippen LogP contribution in [0.4, 0.5) is 0 Å². The fraction of sp³-hybridized carbons (Fsp3) is 0.0571. The summed E-state index contributed by atoms with van der Waals surface area (Å²) in [5.74, 6) is 0.584. The van der Waals surface area contributed by atoms with Crippen LogP contribution in [0.3, 0.4) is 0 Å². The molecule has 0 amide bonds. The van der Waals surface area contributed by atoms with Gasteiger partial charge in [-0.2, -0.15) is 0 Å². The summed E-state index contributed by atoms with van der Waals surface area (Å²) >= 11 is 0. The number of ether oxygens (including phenoxy) is 1. The van der Waals surface area contributed by atoms with E-state index in [1.807, 2.05) is 60.7 Å². The number of rotatable bonds is 4. The first-order valence-corrected chi connectivity index (χ1v) is 12.6. The van der Waals surface area contributed by atoms with Gasteiger partial charge in [0, 0.05) is 11.1 Å². The summed E-state index contributed by atoms with van der Waals surface area (Å²) in [7, 11) is 0. The average Bonchev–Trinajstić information content (AvgIpc) is 3.37. The second kappa shape index (κ2) is 8.76. The van der Waals surface area contributed by atoms with Gasteiger partial charge in [0.1, 0.15) is 5.75 Å². The van der Waals surface area contributed by atoms with Gasteiger partial charge in [-0.1, -0.05) is 127 Å². The first-order chi connectivity index (χ1) is 18.3. The van der Waals surface area contributed by atoms with Crippen LogP contribution in [-0.4, -0.2) is 11.9 Å². The minimum absolute atomic E-state index is 0.00853. The normalized spacial score (nSPS) is 16.4. The molecule has 2 nitrogen and oxygen atoms in total. The second-order valence-corrected chi connectivity index (χ2v) is 9.59. The molecule has 2 unspecified atom stereocenters. The van der Waals surface area contributed by atoms with E-state index in [1.165, 1.54) is 5.56 Å². The lowest BCUT2D eigenvalue weighted by Crippen LogP contribution is -2.30. The lowest BCUT2D eigenvalue weighted by molar-refractivity contribution is 0.0808. The minimum Gasteiger partial charge on any atom is -0.481 e. The Morgan fingerprint density at radius 3 is 1.95 bits per heavy atom. The predicted molar refractivity (Wildman–Crippen MR) is 150 cm³/mol. The standard InChI is InChI=1S/C35H24O2/c36-34(30-16-8-13-25-11-4-6-14-28(25)30)35-32(27-19-17-24(18-20-27)23-9-2-1-3-10-23)33-29-15-7-5-12-26(29)21-22-31(33)37-35/h1-22,32,35H. The van der Waals surface area contributed by atoms with E-state index < -0.39 is 6.10 Å². The third-order valence-corrected chi connectivity index (χ3v) is 7.49. The topological polar surface area (TPSA) is 26.3 Å². The van der Waals surface area contributed by atoms with Crippen molar-refractivity contribution < 1.29 is 9.53 Å². The van der Waals surface area contributed by atoms with Gasteiger partial charge in [-0.25, -0.2) is 0 Å². The van der Waals surface area contributed by atoms with Crippen LogP contribution < -0.4 is 4.74 Å². The van der Waals surface area contributed by atoms with Gasteiger partial charge < -0.3 is 4.74 Å². The van der Waals surface area contributed by atoms with Crippen LogP contribution in [-0.2, 0) is 0 Å². The van der Waals surface area contributed by atoms with E-state index in [9.17, 15) is 4.79 Å². The summed E-state index contributed by atoms with van der Waals surface area (Å²) < 4.78 is 6.51. The number of carbonyl (C=O) groups excluding carboxylic acids is 1. The van der Waals surface area contributed by atoms with Crippen LogP contribution >= 0.6 is 0 Å². The van der Waals surface area contributed by atoms with E-state index >= 15 is 0 Å². The molecule has 6 aromatic carbocycles. The van der Waals surface area contributed by atoms with Crippen LogP contribution in [0, 0.1) is 0 Å². The molecular formula is C35H24O2. The molecule has 0 N–H and O–H groups in total. The largest absolute Gasteiger partial charge is 0.481 e. The van der Waals surface area contributed by atoms with Gasteiger partial charge in [-0.05, 0) is 44.3 Å². The molecule has 0 radical (unpaired) electrons. The molecule has 0 saturated heterocycles. The van der Waals surface area contributed by atoms with Crippen molar-refractivity contribution in [1.82, 2.24) is 0 Å². The van der Waals surface area contributed by atoms with E-state index in [0.29, 0.717) is 5.56 Å². The van der Waals surface area contributed by atoms with E-state index in [0.717, 1.165) is 44.0 Å². The second-order valence-electron chi connectivity index (χ2n) is 9.59. The Labute approximate surface area is 215 Å². The van der Waals surface area contributed by atoms with Crippen LogP contribution in [0.5, 0.6) is 5.75 Å². The van der Waals surface area contributed by atoms with Crippen LogP contribution in [0.2, 0.25) is 0 Å². The highest BCUT2D eigenvalue weighted by Crippen LogP contribution is 2.47. The third-order valence-electron chi connectivity index (χ3n) is 7.49. The van der Waals surface area contributed by atoms with Crippen molar-refractivity contribution in [1.29, 1.82) is 0 Å². The summed E-state index contributed by atoms with van der Waals surface area (Å²) in [6.07, 6.45) is -0.644. The van der Waals surface area contributed by atoms with Crippen molar-refractivity contribution in [3.63, 3.8) is 0 Å². The van der Waals surface area contributed by atoms with Crippen LogP contribution in [0.25, 0.3) is 32.7 Å². The third kappa shape index (κ3) is 3.61. The highest BCUT2D eigenvalue weighted by molar-refractivity contribution is 6.11. The Balaban J connectivity index is 1.38. The van der Waals surface area contributed by atoms with Crippen molar-refractivity contribution in [2.75, 3.05) is 0 Å². The van der Waals surface area contributed by atoms with Crippen molar-refractivity contribution >= 4 is 27.3 Å². The van der Waals surface area contributed by atoms with Gasteiger partial charge in [0.2, 0.25) is 5.78 Å². The van der Waals surface area contributed by atoms with Crippen LogP contribution in [0.1, 0.15) is 27.4 Å². The zero-order chi connectivity index (χ0) is 24.8. The molecule has 176 valence electrons. The first-order valence-electron chi connectivity index (χ1n) is 12.6. The Bertz CT molecular complexity index is 1760. The quantitative estimate of drug-likeness (QED) is 0.239. The van der Waals surface area contributed by atoms with Gasteiger partial charge >= 0.3 is 0 Å². The maximum atomic E-state index is 14.2. The maximum Gasteiger partial charge on any atom is 0.204 e. The lowest BCUT2D eigenvalue weighted by atomic mass is 9.82. The molecule has 0 bridgehead atoms. The number of hydrogen-bond acceptors (Lipinski definition) is 2. The summed E-state index contributed by atoms with van der Waals surface area (Å²) in [6.45, 7) is 0. The molecule has 0 aromatic heterocycles. The van der Waals surface area contributed by atoms with Gasteiger partial charge in [0.25, 0.3) is 0 Å². The first kappa shape index (κ1) is 21.6. The maximum absolute atomic E-state index is 14.2. The Morgan fingerprint density at radius 2 is 1.16 bits per heavy atom. The number of Topliss-reactive ketones (excluding diaryl/α,β-unsaturated/α-hetero) is 1. The summed E-state index contributed by atoms with van der Waals surface area (Å²) in [5.41, 5.74) is 5.19. The Morgan fingerprint density at radius 1 is 0.541 bits per heavy atom. The molecule has 6 aromatic rings. The molecule has 1 aliphatic heterocycles. The summed E-state index contributed by atoms with van der Waals surface area (Å²) in [6, 6.07) is 45.4. The van der Waals surface area contributed by atoms with Gasteiger partial charge in [0.05, 0.1) is 5.92 Å². The molecule has 0 fully saturated rings. The average molecular weight is 477 g/mol. The fourth-order valence-electron chi connectivity index (χ4n) is 5.71. The molecule has 7 rings (SSSR count). The molecule has 2 atom stereocenters. The zero-order valence-electron chi connectivity index (χ0n) is 20.2. The van der Waals surface area contributed by atoms with Crippen LogP contribution in [0.15, 0.2) is 133 Å². The molecule has 0 aliphatic carbocycles. The van der Waals surface area contributed by atoms with E-state index in [-0.39, 0.29) is 11.7 Å². The molecule has 37 heavy (non-hydrogen) atoms. The molecule has 2 heteroatoms. The monoisotopic (exact) mass is 476 g/mol. The predicted octanol–water partition coefficient (Wildman–Crippen LogP) is 8.44. The van der Waals surface area contributed by atoms with E-state index in [2.05, 4.69) is 72.8 Å². The highest BCUT2D eigenvalue weighted by Gasteiger charge is 2.42. The minimum atomic E-state index is -0.644. The summed E-state index contributed by atoms with van der Waals surface area (Å²) in [4.78, 5) is 14.2. The van der Waals surface area contributed by atoms with Gasteiger partial charge in [-0.15, -0.1) is 0 Å². The molecule has 1 aliphatic rings. The number of benzene rings is 6. The number of fused-ring (bicyclic) bond motifs is 4. The zero-order valence-corrected chi connectivity index (χ0v) is 20.2. The number of ketones is 1. The SMILES string of the molecule is O=C(c1cccc2ccccc12)C1Oc2ccc3ccccc3c2C1c1ccc(-c2ccccc2)cc1. The molecule has 0 saturated carbocycles. The Kier molecular flexibility index (Phi) is 5.11. The smallest absolute Gasteiger partial charge is 0.204 e.